The number of esters is 2. The van der Waals surface area contributed by atoms with E-state index in [1.54, 1.807) is 41.4 Å². The van der Waals surface area contributed by atoms with Crippen molar-refractivity contribution in [3.63, 3.8) is 0 Å². The van der Waals surface area contributed by atoms with Crippen molar-refractivity contribution in [1.29, 1.82) is 0 Å². The molecule has 0 bridgehead atoms. The Bertz CT molecular complexity index is 1970. The van der Waals surface area contributed by atoms with Gasteiger partial charge in [-0.2, -0.15) is 0 Å². The van der Waals surface area contributed by atoms with Gasteiger partial charge in [-0.05, 0) is 60.9 Å². The third-order valence-corrected chi connectivity index (χ3v) is 8.60. The van der Waals surface area contributed by atoms with Crippen molar-refractivity contribution < 1.29 is 38.4 Å². The van der Waals surface area contributed by atoms with Crippen molar-refractivity contribution in [3.05, 3.63) is 125 Å². The molecule has 3 aromatic carbocycles. The van der Waals surface area contributed by atoms with Gasteiger partial charge in [-0.3, -0.25) is 4.79 Å². The number of ether oxygens (including phenoxy) is 4. The molecule has 0 aliphatic carbocycles. The van der Waals surface area contributed by atoms with E-state index in [2.05, 4.69) is 11.6 Å². The summed E-state index contributed by atoms with van der Waals surface area (Å²) in [6, 6.07) is 17.9. The second-order valence-electron chi connectivity index (χ2n) is 11.3. The lowest BCUT2D eigenvalue weighted by Crippen LogP contribution is -2.58. The molecule has 1 unspecified atom stereocenters. The van der Waals surface area contributed by atoms with Crippen LogP contribution in [0.2, 0.25) is 0 Å². The number of methoxy groups -OCH3 is 2. The van der Waals surface area contributed by atoms with Gasteiger partial charge in [0, 0.05) is 34.8 Å². The number of aromatic nitrogens is 1. The van der Waals surface area contributed by atoms with E-state index >= 15 is 0 Å². The number of phenolic OH excluding ortho intramolecular Hbond substituents is 1. The number of phenols is 1. The first-order valence-electron chi connectivity index (χ1n) is 15.0. The highest BCUT2D eigenvalue weighted by Gasteiger charge is 2.58. The predicted molar refractivity (Wildman–Crippen MR) is 174 cm³/mol. The van der Waals surface area contributed by atoms with E-state index < -0.39 is 23.3 Å². The average Bonchev–Trinajstić information content (AvgIpc) is 3.47. The van der Waals surface area contributed by atoms with Gasteiger partial charge in [-0.25, -0.2) is 9.59 Å². The molecule has 1 atom stereocenters. The molecule has 10 heteroatoms. The number of ketones is 1. The minimum atomic E-state index is -1.78. The van der Waals surface area contributed by atoms with Crippen LogP contribution in [0.1, 0.15) is 32.7 Å². The molecule has 0 saturated carbocycles. The molecule has 0 saturated heterocycles. The number of allylic oxidation sites excluding steroid dienone is 2. The molecule has 4 aromatic rings. The van der Waals surface area contributed by atoms with Crippen LogP contribution in [-0.4, -0.2) is 60.1 Å². The lowest BCUT2D eigenvalue weighted by molar-refractivity contribution is -0.156. The normalized spacial score (nSPS) is 16.7. The Morgan fingerprint density at radius 3 is 2.55 bits per heavy atom. The second kappa shape index (κ2) is 12.6. The van der Waals surface area contributed by atoms with Gasteiger partial charge in [0.15, 0.2) is 5.78 Å². The summed E-state index contributed by atoms with van der Waals surface area (Å²) in [5.41, 5.74) is 1.94. The molecule has 0 amide bonds. The largest absolute Gasteiger partial charge is 0.508 e. The third-order valence-electron chi connectivity index (χ3n) is 8.60. The number of rotatable bonds is 10. The van der Waals surface area contributed by atoms with Crippen molar-refractivity contribution in [1.82, 2.24) is 9.88 Å². The molecular formula is C37H34N2O8. The predicted octanol–water partition coefficient (Wildman–Crippen LogP) is 5.43. The highest BCUT2D eigenvalue weighted by molar-refractivity contribution is 6.15. The molecule has 2 N–H and O–H groups in total. The van der Waals surface area contributed by atoms with Gasteiger partial charge in [0.25, 0.3) is 0 Å². The number of hydrogen-bond acceptors (Lipinski definition) is 9. The van der Waals surface area contributed by atoms with Crippen molar-refractivity contribution >= 4 is 28.6 Å². The summed E-state index contributed by atoms with van der Waals surface area (Å²) in [7, 11) is 2.45. The topological polar surface area (TPSA) is 127 Å². The molecule has 0 fully saturated rings. The summed E-state index contributed by atoms with van der Waals surface area (Å²) < 4.78 is 22.6. The maximum absolute atomic E-state index is 14.3. The number of carbonyl (C=O) groups excluding carboxylic acids is 3. The SMILES string of the molecule is C=CCOc1c(C(=O)C2=CN3CCc4c([nH]c5ccc(O)cc45)C3(C(=O)OC)C(C(=O)OC)=C2)ccc(OCc2ccccc2)c1C. The summed E-state index contributed by atoms with van der Waals surface area (Å²) in [6.07, 6.45) is 4.98. The molecule has 0 spiro atoms. The molecule has 0 radical (unpaired) electrons. The Morgan fingerprint density at radius 2 is 1.83 bits per heavy atom. The van der Waals surface area contributed by atoms with Crippen LogP contribution in [0.15, 0.2) is 96.7 Å². The van der Waals surface area contributed by atoms with Crippen LogP contribution in [0.4, 0.5) is 0 Å². The molecule has 3 heterocycles. The molecule has 47 heavy (non-hydrogen) atoms. The first kappa shape index (κ1) is 31.2. The maximum Gasteiger partial charge on any atom is 0.343 e. The molecule has 1 aromatic heterocycles. The Morgan fingerprint density at radius 1 is 1.04 bits per heavy atom. The quantitative estimate of drug-likeness (QED) is 0.133. The summed E-state index contributed by atoms with van der Waals surface area (Å²) in [6.45, 7) is 6.27. The zero-order valence-electron chi connectivity index (χ0n) is 26.3. The molecule has 240 valence electrons. The number of hydrogen-bond donors (Lipinski definition) is 2. The lowest BCUT2D eigenvalue weighted by atomic mass is 9.75. The minimum Gasteiger partial charge on any atom is -0.508 e. The zero-order chi connectivity index (χ0) is 33.3. The monoisotopic (exact) mass is 634 g/mol. The fraction of sp³-hybridized carbons (Fsp3) is 0.216. The van der Waals surface area contributed by atoms with Crippen LogP contribution in [-0.2, 0) is 37.6 Å². The van der Waals surface area contributed by atoms with E-state index in [4.69, 9.17) is 18.9 Å². The fourth-order valence-electron chi connectivity index (χ4n) is 6.41. The van der Waals surface area contributed by atoms with E-state index in [1.807, 2.05) is 37.3 Å². The van der Waals surface area contributed by atoms with Crippen LogP contribution in [0, 0.1) is 6.92 Å². The molecular weight excluding hydrogens is 600 g/mol. The molecule has 2 aliphatic rings. The summed E-state index contributed by atoms with van der Waals surface area (Å²) >= 11 is 0. The number of nitrogens with one attached hydrogen (secondary N) is 1. The standard InChI is InChI=1S/C37H34N2O8/c1-5-17-46-33-22(2)31(47-21-23-9-7-6-8-10-23)14-12-27(33)32(41)24-18-29(35(42)44-3)37(36(43)45-4)34-26(15-16-39(37)20-24)28-19-25(40)11-13-30(28)38-34/h5-14,18-20,38,40H,1,15-17,21H2,2-4H3. The number of benzene rings is 3. The van der Waals surface area contributed by atoms with E-state index in [-0.39, 0.29) is 35.6 Å². The average molecular weight is 635 g/mol. The Hall–Kier alpha value is -5.77. The molecule has 2 aliphatic heterocycles. The minimum absolute atomic E-state index is 0.0651. The van der Waals surface area contributed by atoms with Gasteiger partial charge in [-0.15, -0.1) is 0 Å². The lowest BCUT2D eigenvalue weighted by Gasteiger charge is -2.46. The van der Waals surface area contributed by atoms with Crippen LogP contribution < -0.4 is 9.47 Å². The van der Waals surface area contributed by atoms with Gasteiger partial charge in [-0.1, -0.05) is 43.0 Å². The summed E-state index contributed by atoms with van der Waals surface area (Å²) in [4.78, 5) is 46.7. The number of fused-ring (bicyclic) bond motifs is 5. The number of Topliss-reactive ketones (excluding diaryl/α,β-unsaturated/α-hetero) is 1. The van der Waals surface area contributed by atoms with Gasteiger partial charge in [0.05, 0.1) is 31.1 Å². The van der Waals surface area contributed by atoms with Gasteiger partial charge < -0.3 is 33.9 Å². The highest BCUT2D eigenvalue weighted by atomic mass is 16.5. The summed E-state index contributed by atoms with van der Waals surface area (Å²) in [5.74, 6) is -1.05. The van der Waals surface area contributed by atoms with E-state index in [1.165, 1.54) is 26.4 Å². The number of nitrogens with zero attached hydrogens (tertiary/aromatic N) is 1. The first-order valence-corrected chi connectivity index (χ1v) is 15.0. The van der Waals surface area contributed by atoms with Gasteiger partial charge in [0.2, 0.25) is 5.54 Å². The smallest absolute Gasteiger partial charge is 0.343 e. The molecule has 10 nitrogen and oxygen atoms in total. The number of aromatic amines is 1. The zero-order valence-corrected chi connectivity index (χ0v) is 26.3. The van der Waals surface area contributed by atoms with Gasteiger partial charge in [0.1, 0.15) is 30.5 Å². The third kappa shape index (κ3) is 5.21. The van der Waals surface area contributed by atoms with Crippen molar-refractivity contribution in [2.45, 2.75) is 25.5 Å². The van der Waals surface area contributed by atoms with Crippen LogP contribution >= 0.6 is 0 Å². The number of H-pyrrole nitrogens is 1. The van der Waals surface area contributed by atoms with E-state index in [0.717, 1.165) is 11.1 Å². The maximum atomic E-state index is 14.3. The van der Waals surface area contributed by atoms with Crippen LogP contribution in [0.5, 0.6) is 17.2 Å². The number of aromatic hydroxyl groups is 1. The number of carbonyl (C=O) groups is 3. The Kier molecular flexibility index (Phi) is 8.34. The van der Waals surface area contributed by atoms with Gasteiger partial charge >= 0.3 is 11.9 Å². The highest BCUT2D eigenvalue weighted by Crippen LogP contribution is 2.48. The first-order chi connectivity index (χ1) is 22.7. The van der Waals surface area contributed by atoms with Crippen LogP contribution in [0.25, 0.3) is 10.9 Å². The van der Waals surface area contributed by atoms with Crippen molar-refractivity contribution in [2.24, 2.45) is 0 Å². The van der Waals surface area contributed by atoms with Crippen LogP contribution in [0.3, 0.4) is 0 Å². The Labute approximate surface area is 271 Å². The summed E-state index contributed by atoms with van der Waals surface area (Å²) in [5, 5.41) is 10.9. The van der Waals surface area contributed by atoms with E-state index in [0.29, 0.717) is 46.7 Å². The van der Waals surface area contributed by atoms with Crippen molar-refractivity contribution in [3.8, 4) is 17.2 Å². The Balaban J connectivity index is 1.46. The van der Waals surface area contributed by atoms with Crippen molar-refractivity contribution in [2.75, 3.05) is 27.4 Å². The fourth-order valence-corrected chi connectivity index (χ4v) is 6.41. The molecule has 6 rings (SSSR count). The second-order valence-corrected chi connectivity index (χ2v) is 11.3. The van der Waals surface area contributed by atoms with E-state index in [9.17, 15) is 19.5 Å².